The minimum Gasteiger partial charge on any atom is -0.478 e. The molecule has 4 rings (SSSR count). The molecule has 6 nitrogen and oxygen atoms in total. The number of ether oxygens (including phenoxy) is 1. The Kier molecular flexibility index (Phi) is 7.23. The second kappa shape index (κ2) is 9.97. The zero-order valence-electron chi connectivity index (χ0n) is 18.2. The Balaban J connectivity index is 1.55. The van der Waals surface area contributed by atoms with Crippen LogP contribution in [0.2, 0.25) is 0 Å². The summed E-state index contributed by atoms with van der Waals surface area (Å²) in [4.78, 5) is 13.3. The highest BCUT2D eigenvalue weighted by atomic mass is 32.2. The number of hydrogen-bond donors (Lipinski definition) is 4. The summed E-state index contributed by atoms with van der Waals surface area (Å²) in [7, 11) is 0. The van der Waals surface area contributed by atoms with Crippen LogP contribution in [0.3, 0.4) is 0 Å². The highest BCUT2D eigenvalue weighted by Crippen LogP contribution is 2.37. The van der Waals surface area contributed by atoms with Crippen molar-refractivity contribution in [3.05, 3.63) is 81.7 Å². The smallest absolute Gasteiger partial charge is 0.335 e. The lowest BCUT2D eigenvalue weighted by Gasteiger charge is -2.40. The molecule has 0 amide bonds. The molecule has 1 fully saturated rings. The lowest BCUT2D eigenvalue weighted by atomic mass is 9.92. The van der Waals surface area contributed by atoms with Gasteiger partial charge in [0, 0.05) is 16.2 Å². The summed E-state index contributed by atoms with van der Waals surface area (Å²) in [5.41, 5.74) is 3.55. The molecule has 1 aliphatic rings. The molecular weight excluding hydrogens is 460 g/mol. The molecule has 1 aromatic heterocycles. The van der Waals surface area contributed by atoms with Crippen LogP contribution in [0, 0.1) is 6.92 Å². The molecule has 0 saturated carbocycles. The highest BCUT2D eigenvalue weighted by molar-refractivity contribution is 7.99. The van der Waals surface area contributed by atoms with Crippen molar-refractivity contribution in [2.75, 3.05) is 6.26 Å². The van der Waals surface area contributed by atoms with E-state index in [0.717, 1.165) is 32.0 Å². The molecule has 8 heteroatoms. The second-order valence-electron chi connectivity index (χ2n) is 8.14. The fraction of sp³-hybridized carbons (Fsp3) is 0.320. The van der Waals surface area contributed by atoms with Gasteiger partial charge in [-0.3, -0.25) is 0 Å². The van der Waals surface area contributed by atoms with Crippen LogP contribution in [0.25, 0.3) is 10.4 Å². The minimum absolute atomic E-state index is 0.261. The normalized spacial score (nSPS) is 25.2. The maximum absolute atomic E-state index is 11.1. The molecule has 0 spiro atoms. The average molecular weight is 487 g/mol. The third-order valence-electron chi connectivity index (χ3n) is 5.95. The first-order valence-corrected chi connectivity index (χ1v) is 12.6. The highest BCUT2D eigenvalue weighted by Gasteiger charge is 2.44. The van der Waals surface area contributed by atoms with Crippen LogP contribution in [-0.2, 0) is 11.2 Å². The van der Waals surface area contributed by atoms with E-state index in [4.69, 9.17) is 9.84 Å². The number of rotatable bonds is 6. The maximum Gasteiger partial charge on any atom is 0.335 e. The first-order chi connectivity index (χ1) is 15.8. The molecule has 33 heavy (non-hydrogen) atoms. The van der Waals surface area contributed by atoms with Gasteiger partial charge in [-0.2, -0.15) is 0 Å². The Morgan fingerprint density at radius 1 is 1.00 bits per heavy atom. The standard InChI is InChI=1S/C25H26O6S2/c1-13-3-4-16(23-21(27)20(26)22(28)25(31-23)32-2)11-17(13)12-18-9-10-19(33-18)14-5-7-15(8-6-14)24(29)30/h3-11,20-23,25-28H,12H2,1-2H3,(H,29,30)/t20-,21-,22+,23?,25-/m1/s1. The SMILES string of the molecule is CS[C@H]1OC(c2ccc(C)c(Cc3ccc(-c4ccc(C(=O)O)cc4)s3)c2)[C@H](O)[C@@H](O)[C@@H]1O. The Labute approximate surface area is 200 Å². The fourth-order valence-electron chi connectivity index (χ4n) is 3.97. The molecule has 1 aliphatic heterocycles. The molecule has 174 valence electrons. The Bertz CT molecular complexity index is 1120. The van der Waals surface area contributed by atoms with Crippen molar-refractivity contribution >= 4 is 29.1 Å². The molecule has 0 aliphatic carbocycles. The summed E-state index contributed by atoms with van der Waals surface area (Å²) in [5, 5.41) is 40.0. The number of carboxylic acid groups (broad SMARTS) is 1. The van der Waals surface area contributed by atoms with Gasteiger partial charge in [-0.05, 0) is 59.7 Å². The lowest BCUT2D eigenvalue weighted by molar-refractivity contribution is -0.200. The number of thiophene rings is 1. The topological polar surface area (TPSA) is 107 Å². The van der Waals surface area contributed by atoms with Gasteiger partial charge in [-0.15, -0.1) is 23.1 Å². The number of carbonyl (C=O) groups is 1. The van der Waals surface area contributed by atoms with Gasteiger partial charge in [0.2, 0.25) is 0 Å². The van der Waals surface area contributed by atoms with E-state index >= 15 is 0 Å². The molecule has 0 bridgehead atoms. The minimum atomic E-state index is -1.28. The van der Waals surface area contributed by atoms with Crippen molar-refractivity contribution in [1.82, 2.24) is 0 Å². The second-order valence-corrected chi connectivity index (χ2v) is 10.2. The van der Waals surface area contributed by atoms with Crippen molar-refractivity contribution in [1.29, 1.82) is 0 Å². The van der Waals surface area contributed by atoms with Crippen molar-refractivity contribution in [2.24, 2.45) is 0 Å². The van der Waals surface area contributed by atoms with Gasteiger partial charge in [0.25, 0.3) is 0 Å². The van der Waals surface area contributed by atoms with Gasteiger partial charge in [0.15, 0.2) is 0 Å². The summed E-state index contributed by atoms with van der Waals surface area (Å²) in [6.45, 7) is 2.03. The predicted molar refractivity (Wildman–Crippen MR) is 130 cm³/mol. The van der Waals surface area contributed by atoms with Crippen LogP contribution in [0.5, 0.6) is 0 Å². The van der Waals surface area contributed by atoms with E-state index in [1.165, 1.54) is 11.8 Å². The molecule has 1 unspecified atom stereocenters. The van der Waals surface area contributed by atoms with E-state index in [-0.39, 0.29) is 5.56 Å². The van der Waals surface area contributed by atoms with Gasteiger partial charge >= 0.3 is 5.97 Å². The summed E-state index contributed by atoms with van der Waals surface area (Å²) in [5.74, 6) is -0.943. The number of aromatic carboxylic acids is 1. The number of benzene rings is 2. The molecule has 3 aromatic rings. The van der Waals surface area contributed by atoms with Crippen LogP contribution >= 0.6 is 23.1 Å². The van der Waals surface area contributed by atoms with E-state index in [2.05, 4.69) is 6.07 Å². The Morgan fingerprint density at radius 2 is 1.73 bits per heavy atom. The third kappa shape index (κ3) is 5.01. The van der Waals surface area contributed by atoms with Crippen LogP contribution in [0.15, 0.2) is 54.6 Å². The van der Waals surface area contributed by atoms with Crippen molar-refractivity contribution in [3.8, 4) is 10.4 Å². The summed E-state index contributed by atoms with van der Waals surface area (Å²) in [6.07, 6.45) is -1.90. The molecule has 4 N–H and O–H groups in total. The monoisotopic (exact) mass is 486 g/mol. The van der Waals surface area contributed by atoms with E-state index in [1.807, 2.05) is 43.3 Å². The van der Waals surface area contributed by atoms with Gasteiger partial charge in [-0.25, -0.2) is 4.79 Å². The molecule has 2 heterocycles. The summed E-state index contributed by atoms with van der Waals surface area (Å²) >= 11 is 2.94. The number of aryl methyl sites for hydroxylation is 1. The number of aliphatic hydroxyl groups excluding tert-OH is 3. The van der Waals surface area contributed by atoms with Crippen molar-refractivity contribution in [2.45, 2.75) is 43.2 Å². The Morgan fingerprint density at radius 3 is 2.39 bits per heavy atom. The van der Waals surface area contributed by atoms with Gasteiger partial charge in [-0.1, -0.05) is 30.3 Å². The number of thioether (sulfide) groups is 1. The van der Waals surface area contributed by atoms with Crippen molar-refractivity contribution < 1.29 is 30.0 Å². The zero-order valence-corrected chi connectivity index (χ0v) is 19.8. The Hall–Kier alpha value is -2.20. The maximum atomic E-state index is 11.1. The van der Waals surface area contributed by atoms with E-state index in [9.17, 15) is 20.1 Å². The van der Waals surface area contributed by atoms with Crippen LogP contribution in [-0.4, -0.2) is 56.4 Å². The predicted octanol–water partition coefficient (Wildman–Crippen LogP) is 3.86. The molecular formula is C25H26O6S2. The van der Waals surface area contributed by atoms with E-state index < -0.39 is 35.8 Å². The summed E-state index contributed by atoms with van der Waals surface area (Å²) < 4.78 is 5.91. The zero-order chi connectivity index (χ0) is 23.7. The molecule has 1 saturated heterocycles. The number of carboxylic acids is 1. The average Bonchev–Trinajstić information content (AvgIpc) is 3.28. The lowest BCUT2D eigenvalue weighted by Crippen LogP contribution is -2.52. The van der Waals surface area contributed by atoms with Gasteiger partial charge < -0.3 is 25.2 Å². The first kappa shape index (κ1) is 23.9. The third-order valence-corrected chi connectivity index (χ3v) is 7.94. The van der Waals surface area contributed by atoms with E-state index in [0.29, 0.717) is 6.42 Å². The molecule has 0 radical (unpaired) electrons. The fourth-order valence-corrected chi connectivity index (χ4v) is 5.68. The van der Waals surface area contributed by atoms with E-state index in [1.54, 1.807) is 29.7 Å². The number of hydrogen-bond acceptors (Lipinski definition) is 7. The largest absolute Gasteiger partial charge is 0.478 e. The van der Waals surface area contributed by atoms with Crippen molar-refractivity contribution in [3.63, 3.8) is 0 Å². The quantitative estimate of drug-likeness (QED) is 0.419. The van der Waals surface area contributed by atoms with Crippen LogP contribution in [0.4, 0.5) is 0 Å². The summed E-state index contributed by atoms with van der Waals surface area (Å²) in [6, 6.07) is 16.8. The van der Waals surface area contributed by atoms with Gasteiger partial charge in [0.05, 0.1) is 5.56 Å². The van der Waals surface area contributed by atoms with Gasteiger partial charge in [0.1, 0.15) is 29.9 Å². The van der Waals surface area contributed by atoms with Crippen LogP contribution < -0.4 is 0 Å². The molecule has 2 aromatic carbocycles. The molecule has 5 atom stereocenters. The number of aliphatic hydroxyl groups is 3. The first-order valence-electron chi connectivity index (χ1n) is 10.5. The van der Waals surface area contributed by atoms with Crippen LogP contribution in [0.1, 0.15) is 38.0 Å².